The largest absolute Gasteiger partial charge is 0.467 e. The number of hydrogen-bond donors (Lipinski definition) is 1. The lowest BCUT2D eigenvalue weighted by molar-refractivity contribution is -0.145. The number of esters is 1. The fourth-order valence-corrected chi connectivity index (χ4v) is 2.89. The number of amides is 1. The monoisotopic (exact) mass is 292 g/mol. The fraction of sp³-hybridized carbons (Fsp3) is 0.818. The van der Waals surface area contributed by atoms with E-state index in [2.05, 4.69) is 10.1 Å². The van der Waals surface area contributed by atoms with Crippen LogP contribution in [0.2, 0.25) is 0 Å². The van der Waals surface area contributed by atoms with E-state index in [0.29, 0.717) is 25.9 Å². The maximum Gasteiger partial charge on any atom is 0.328 e. The van der Waals surface area contributed by atoms with E-state index in [-0.39, 0.29) is 11.8 Å². The molecule has 0 aromatic carbocycles. The Bertz CT molecular complexity index is 440. The first kappa shape index (κ1) is 15.9. The minimum Gasteiger partial charge on any atom is -0.467 e. The molecule has 0 saturated carbocycles. The maximum absolute atomic E-state index is 11.9. The minimum absolute atomic E-state index is 0.231. The van der Waals surface area contributed by atoms with Crippen LogP contribution in [0.1, 0.15) is 19.8 Å². The van der Waals surface area contributed by atoms with Gasteiger partial charge in [0.25, 0.3) is 0 Å². The Kier molecular flexibility index (Phi) is 5.30. The van der Waals surface area contributed by atoms with Gasteiger partial charge in [-0.15, -0.1) is 0 Å². The van der Waals surface area contributed by atoms with Crippen LogP contribution in [0.25, 0.3) is 0 Å². The number of carbonyl (C=O) groups excluding carboxylic acids is 2. The normalized spacial score (nSPS) is 19.7. The molecule has 1 N–H and O–H groups in total. The number of methoxy groups -OCH3 is 1. The number of piperidine rings is 1. The van der Waals surface area contributed by atoms with Gasteiger partial charge in [-0.2, -0.15) is 0 Å². The van der Waals surface area contributed by atoms with Crippen LogP contribution >= 0.6 is 0 Å². The molecule has 8 heteroatoms. The summed E-state index contributed by atoms with van der Waals surface area (Å²) >= 11 is 0. The lowest BCUT2D eigenvalue weighted by Crippen LogP contribution is -2.46. The van der Waals surface area contributed by atoms with Crippen LogP contribution in [-0.4, -0.2) is 57.1 Å². The van der Waals surface area contributed by atoms with Gasteiger partial charge in [-0.05, 0) is 19.8 Å². The van der Waals surface area contributed by atoms with Crippen molar-refractivity contribution in [3.05, 3.63) is 0 Å². The summed E-state index contributed by atoms with van der Waals surface area (Å²) in [6, 6.07) is -0.689. The Morgan fingerprint density at radius 2 is 1.84 bits per heavy atom. The van der Waals surface area contributed by atoms with Crippen molar-refractivity contribution < 1.29 is 22.7 Å². The van der Waals surface area contributed by atoms with Crippen molar-refractivity contribution in [1.29, 1.82) is 0 Å². The molecule has 7 nitrogen and oxygen atoms in total. The number of rotatable bonds is 4. The van der Waals surface area contributed by atoms with Gasteiger partial charge in [0, 0.05) is 19.0 Å². The molecule has 0 bridgehead atoms. The molecule has 0 aliphatic carbocycles. The van der Waals surface area contributed by atoms with Crippen LogP contribution in [0.5, 0.6) is 0 Å². The van der Waals surface area contributed by atoms with E-state index in [1.165, 1.54) is 11.4 Å². The topological polar surface area (TPSA) is 92.8 Å². The Morgan fingerprint density at radius 3 is 2.26 bits per heavy atom. The molecule has 1 rings (SSSR count). The average Bonchev–Trinajstić information content (AvgIpc) is 2.36. The van der Waals surface area contributed by atoms with E-state index in [1.807, 2.05) is 0 Å². The first-order valence-electron chi connectivity index (χ1n) is 6.09. The molecule has 0 aromatic rings. The van der Waals surface area contributed by atoms with Crippen molar-refractivity contribution in [1.82, 2.24) is 9.62 Å². The Labute approximate surface area is 113 Å². The molecule has 1 fully saturated rings. The van der Waals surface area contributed by atoms with Gasteiger partial charge in [-0.3, -0.25) is 4.79 Å². The van der Waals surface area contributed by atoms with Crippen molar-refractivity contribution in [2.75, 3.05) is 26.5 Å². The molecule has 0 unspecified atom stereocenters. The average molecular weight is 292 g/mol. The second-order valence-electron chi connectivity index (χ2n) is 4.69. The first-order chi connectivity index (χ1) is 8.75. The smallest absolute Gasteiger partial charge is 0.328 e. The number of nitrogens with one attached hydrogen (secondary N) is 1. The molecule has 1 amide bonds. The third-order valence-electron chi connectivity index (χ3n) is 3.21. The maximum atomic E-state index is 11.9. The van der Waals surface area contributed by atoms with E-state index >= 15 is 0 Å². The zero-order valence-electron chi connectivity index (χ0n) is 11.4. The summed E-state index contributed by atoms with van der Waals surface area (Å²) in [6.07, 6.45) is 2.09. The fourth-order valence-electron chi connectivity index (χ4n) is 2.02. The summed E-state index contributed by atoms with van der Waals surface area (Å²) in [7, 11) is -1.93. The Balaban J connectivity index is 2.47. The highest BCUT2D eigenvalue weighted by Crippen LogP contribution is 2.19. The van der Waals surface area contributed by atoms with Crippen LogP contribution < -0.4 is 5.32 Å². The second-order valence-corrected chi connectivity index (χ2v) is 6.67. The minimum atomic E-state index is -3.19. The van der Waals surface area contributed by atoms with Gasteiger partial charge in [0.05, 0.1) is 13.4 Å². The zero-order valence-corrected chi connectivity index (χ0v) is 12.2. The molecule has 1 saturated heterocycles. The first-order valence-corrected chi connectivity index (χ1v) is 7.94. The molecule has 0 aromatic heterocycles. The van der Waals surface area contributed by atoms with E-state index in [0.717, 1.165) is 6.26 Å². The lowest BCUT2D eigenvalue weighted by Gasteiger charge is -2.29. The summed E-state index contributed by atoms with van der Waals surface area (Å²) in [5.41, 5.74) is 0. The predicted octanol–water partition coefficient (Wildman–Crippen LogP) is -0.664. The number of carbonyl (C=O) groups is 2. The van der Waals surface area contributed by atoms with Crippen LogP contribution in [-0.2, 0) is 24.3 Å². The number of sulfonamides is 1. The van der Waals surface area contributed by atoms with Crippen molar-refractivity contribution in [3.63, 3.8) is 0 Å². The third kappa shape index (κ3) is 4.46. The summed E-state index contributed by atoms with van der Waals surface area (Å²) in [5.74, 6) is -0.988. The Hall–Kier alpha value is -1.15. The highest BCUT2D eigenvalue weighted by atomic mass is 32.2. The molecule has 1 aliphatic heterocycles. The van der Waals surface area contributed by atoms with Gasteiger partial charge in [0.2, 0.25) is 15.9 Å². The highest BCUT2D eigenvalue weighted by Gasteiger charge is 2.30. The molecular formula is C11H20N2O5S. The molecule has 0 spiro atoms. The molecule has 110 valence electrons. The van der Waals surface area contributed by atoms with Gasteiger partial charge >= 0.3 is 5.97 Å². The standard InChI is InChI=1S/C11H20N2O5S/c1-8(11(15)18-2)12-10(14)9-4-6-13(7-5-9)19(3,16)17/h8-9H,4-7H2,1-3H3,(H,12,14)/t8-/m0/s1. The van der Waals surface area contributed by atoms with Gasteiger partial charge in [-0.1, -0.05) is 0 Å². The Morgan fingerprint density at radius 1 is 1.32 bits per heavy atom. The molecule has 19 heavy (non-hydrogen) atoms. The van der Waals surface area contributed by atoms with E-state index < -0.39 is 22.0 Å². The number of nitrogens with zero attached hydrogens (tertiary/aromatic N) is 1. The molecule has 1 aliphatic rings. The van der Waals surface area contributed by atoms with Crippen LogP contribution in [0.15, 0.2) is 0 Å². The summed E-state index contributed by atoms with van der Waals surface area (Å²) in [6.45, 7) is 2.22. The molecule has 1 heterocycles. The predicted molar refractivity (Wildman–Crippen MR) is 68.8 cm³/mol. The van der Waals surface area contributed by atoms with Gasteiger partial charge in [0.1, 0.15) is 6.04 Å². The molecular weight excluding hydrogens is 272 g/mol. The van der Waals surface area contributed by atoms with Gasteiger partial charge < -0.3 is 10.1 Å². The van der Waals surface area contributed by atoms with E-state index in [4.69, 9.17) is 0 Å². The lowest BCUT2D eigenvalue weighted by atomic mass is 9.97. The van der Waals surface area contributed by atoms with Crippen molar-refractivity contribution in [2.45, 2.75) is 25.8 Å². The summed E-state index contributed by atoms with van der Waals surface area (Å²) < 4.78 is 28.5. The van der Waals surface area contributed by atoms with E-state index in [1.54, 1.807) is 6.92 Å². The summed E-state index contributed by atoms with van der Waals surface area (Å²) in [4.78, 5) is 23.1. The van der Waals surface area contributed by atoms with Crippen LogP contribution in [0, 0.1) is 5.92 Å². The van der Waals surface area contributed by atoms with Crippen LogP contribution in [0.3, 0.4) is 0 Å². The zero-order chi connectivity index (χ0) is 14.6. The number of ether oxygens (including phenoxy) is 1. The number of hydrogen-bond acceptors (Lipinski definition) is 5. The van der Waals surface area contributed by atoms with Crippen molar-refractivity contribution in [3.8, 4) is 0 Å². The van der Waals surface area contributed by atoms with Crippen molar-refractivity contribution >= 4 is 21.9 Å². The quantitative estimate of drug-likeness (QED) is 0.694. The van der Waals surface area contributed by atoms with Gasteiger partial charge in [-0.25, -0.2) is 17.5 Å². The molecule has 1 atom stereocenters. The van der Waals surface area contributed by atoms with E-state index in [9.17, 15) is 18.0 Å². The molecule has 0 radical (unpaired) electrons. The second kappa shape index (κ2) is 6.33. The van der Waals surface area contributed by atoms with Gasteiger partial charge in [0.15, 0.2) is 0 Å². The third-order valence-corrected chi connectivity index (χ3v) is 4.51. The van der Waals surface area contributed by atoms with Crippen molar-refractivity contribution in [2.24, 2.45) is 5.92 Å². The SMILES string of the molecule is COC(=O)[C@H](C)NC(=O)C1CCN(S(C)(=O)=O)CC1. The summed E-state index contributed by atoms with van der Waals surface area (Å²) in [5, 5.41) is 2.57. The highest BCUT2D eigenvalue weighted by molar-refractivity contribution is 7.88. The van der Waals surface area contributed by atoms with Crippen LogP contribution in [0.4, 0.5) is 0 Å².